The first-order valence-corrected chi connectivity index (χ1v) is 7.47. The number of hydrogen-bond donors (Lipinski definition) is 2. The van der Waals surface area contributed by atoms with E-state index in [-0.39, 0.29) is 11.9 Å². The molecule has 4 heteroatoms. The Morgan fingerprint density at radius 3 is 3.05 bits per heavy atom. The highest BCUT2D eigenvalue weighted by Crippen LogP contribution is 2.26. The van der Waals surface area contributed by atoms with E-state index in [1.54, 1.807) is 6.26 Å². The third-order valence-corrected chi connectivity index (χ3v) is 3.82. The third kappa shape index (κ3) is 2.85. The van der Waals surface area contributed by atoms with Gasteiger partial charge in [-0.25, -0.2) is 0 Å². The summed E-state index contributed by atoms with van der Waals surface area (Å²) in [5, 5.41) is 6.38. The van der Waals surface area contributed by atoms with E-state index in [9.17, 15) is 4.79 Å². The van der Waals surface area contributed by atoms with Crippen molar-refractivity contribution in [3.8, 4) is 0 Å². The largest absolute Gasteiger partial charge is 0.467 e. The number of benzene rings is 1. The maximum absolute atomic E-state index is 12.0. The van der Waals surface area contributed by atoms with Gasteiger partial charge in [0, 0.05) is 12.1 Å². The molecule has 1 aliphatic rings. The lowest BCUT2D eigenvalue weighted by Gasteiger charge is -2.21. The van der Waals surface area contributed by atoms with E-state index < -0.39 is 0 Å². The topological polar surface area (TPSA) is 54.3 Å². The molecule has 4 nitrogen and oxygen atoms in total. The lowest BCUT2D eigenvalue weighted by Crippen LogP contribution is -2.32. The smallest absolute Gasteiger partial charge is 0.251 e. The minimum atomic E-state index is -0.0139. The van der Waals surface area contributed by atoms with Crippen LogP contribution in [0.25, 0.3) is 0 Å². The van der Waals surface area contributed by atoms with Crippen molar-refractivity contribution >= 4 is 5.91 Å². The average Bonchev–Trinajstić information content (AvgIpc) is 3.02. The van der Waals surface area contributed by atoms with Crippen LogP contribution in [-0.4, -0.2) is 19.0 Å². The van der Waals surface area contributed by atoms with Gasteiger partial charge in [0.1, 0.15) is 5.76 Å². The number of amides is 1. The first kappa shape index (κ1) is 13.9. The van der Waals surface area contributed by atoms with Gasteiger partial charge in [0.05, 0.1) is 12.3 Å². The van der Waals surface area contributed by atoms with Crippen molar-refractivity contribution in [2.24, 2.45) is 0 Å². The Morgan fingerprint density at radius 2 is 2.29 bits per heavy atom. The number of furan rings is 1. The number of carbonyl (C=O) groups excluding carboxylic acids is 1. The molecule has 2 N–H and O–H groups in total. The molecule has 0 radical (unpaired) electrons. The molecule has 1 unspecified atom stereocenters. The monoisotopic (exact) mass is 284 g/mol. The van der Waals surface area contributed by atoms with Crippen molar-refractivity contribution in [1.29, 1.82) is 0 Å². The van der Waals surface area contributed by atoms with Crippen LogP contribution in [0.15, 0.2) is 41.0 Å². The molecule has 1 atom stereocenters. The molecule has 0 saturated heterocycles. The van der Waals surface area contributed by atoms with Crippen LogP contribution < -0.4 is 10.6 Å². The molecule has 1 aromatic carbocycles. The van der Waals surface area contributed by atoms with Gasteiger partial charge in [-0.05, 0) is 48.7 Å². The maximum atomic E-state index is 12.0. The predicted octanol–water partition coefficient (Wildman–Crippen LogP) is 2.65. The van der Waals surface area contributed by atoms with E-state index in [4.69, 9.17) is 4.42 Å². The van der Waals surface area contributed by atoms with Crippen LogP contribution in [0.5, 0.6) is 0 Å². The highest BCUT2D eigenvalue weighted by atomic mass is 16.3. The molecular weight excluding hydrogens is 264 g/mol. The van der Waals surface area contributed by atoms with E-state index in [2.05, 4.69) is 29.7 Å². The summed E-state index contributed by atoms with van der Waals surface area (Å²) in [5.74, 6) is 0.895. The summed E-state index contributed by atoms with van der Waals surface area (Å²) in [6, 6.07) is 9.98. The number of fused-ring (bicyclic) bond motifs is 1. The van der Waals surface area contributed by atoms with Crippen molar-refractivity contribution in [1.82, 2.24) is 10.6 Å². The van der Waals surface area contributed by atoms with Gasteiger partial charge in [0.15, 0.2) is 0 Å². The molecule has 0 saturated carbocycles. The zero-order valence-electron chi connectivity index (χ0n) is 12.2. The summed E-state index contributed by atoms with van der Waals surface area (Å²) < 4.78 is 5.55. The highest BCUT2D eigenvalue weighted by Gasteiger charge is 2.21. The minimum Gasteiger partial charge on any atom is -0.467 e. The van der Waals surface area contributed by atoms with Gasteiger partial charge >= 0.3 is 0 Å². The molecule has 1 aromatic heterocycles. The van der Waals surface area contributed by atoms with Crippen LogP contribution in [0, 0.1) is 0 Å². The fourth-order valence-corrected chi connectivity index (χ4v) is 2.74. The quantitative estimate of drug-likeness (QED) is 0.887. The van der Waals surface area contributed by atoms with E-state index in [0.29, 0.717) is 0 Å². The normalized spacial score (nSPS) is 15.4. The number of carbonyl (C=O) groups is 1. The zero-order chi connectivity index (χ0) is 14.7. The number of rotatable bonds is 5. The van der Waals surface area contributed by atoms with Crippen molar-refractivity contribution in [3.05, 3.63) is 59.0 Å². The van der Waals surface area contributed by atoms with Gasteiger partial charge in [-0.15, -0.1) is 0 Å². The Morgan fingerprint density at radius 1 is 1.38 bits per heavy atom. The molecule has 0 fully saturated rings. The second-order valence-electron chi connectivity index (χ2n) is 5.33. The Labute approximate surface area is 124 Å². The third-order valence-electron chi connectivity index (χ3n) is 3.82. The average molecular weight is 284 g/mol. The molecule has 2 heterocycles. The van der Waals surface area contributed by atoms with Crippen LogP contribution in [0.4, 0.5) is 0 Å². The molecule has 21 heavy (non-hydrogen) atoms. The lowest BCUT2D eigenvalue weighted by atomic mass is 9.94. The van der Waals surface area contributed by atoms with E-state index in [1.165, 1.54) is 0 Å². The van der Waals surface area contributed by atoms with E-state index in [1.807, 2.05) is 18.2 Å². The first-order valence-electron chi connectivity index (χ1n) is 7.47. The standard InChI is InChI=1S/C17H20N2O2/c1-2-8-18-16(15-4-3-10-21-15)13-6-5-12-7-9-19-17(20)14(12)11-13/h3-6,10-11,16,18H,2,7-9H2,1H3,(H,19,20). The second kappa shape index (κ2) is 6.14. The summed E-state index contributed by atoms with van der Waals surface area (Å²) in [5.41, 5.74) is 2.97. The Kier molecular flexibility index (Phi) is 4.06. The number of hydrogen-bond acceptors (Lipinski definition) is 3. The van der Waals surface area contributed by atoms with Crippen molar-refractivity contribution < 1.29 is 9.21 Å². The Hall–Kier alpha value is -2.07. The van der Waals surface area contributed by atoms with Crippen LogP contribution in [-0.2, 0) is 6.42 Å². The van der Waals surface area contributed by atoms with E-state index in [0.717, 1.165) is 48.4 Å². The van der Waals surface area contributed by atoms with Crippen molar-refractivity contribution in [3.63, 3.8) is 0 Å². The second-order valence-corrected chi connectivity index (χ2v) is 5.33. The van der Waals surface area contributed by atoms with Gasteiger partial charge in [0.2, 0.25) is 0 Å². The maximum Gasteiger partial charge on any atom is 0.251 e. The molecular formula is C17H20N2O2. The fraction of sp³-hybridized carbons (Fsp3) is 0.353. The molecule has 3 rings (SSSR count). The summed E-state index contributed by atoms with van der Waals surface area (Å²) >= 11 is 0. The van der Waals surface area contributed by atoms with Crippen LogP contribution in [0.1, 0.15) is 46.6 Å². The van der Waals surface area contributed by atoms with Gasteiger partial charge in [-0.3, -0.25) is 4.79 Å². The van der Waals surface area contributed by atoms with Crippen molar-refractivity contribution in [2.75, 3.05) is 13.1 Å². The van der Waals surface area contributed by atoms with Gasteiger partial charge in [-0.2, -0.15) is 0 Å². The van der Waals surface area contributed by atoms with Gasteiger partial charge in [-0.1, -0.05) is 19.1 Å². The minimum absolute atomic E-state index is 0.0139. The van der Waals surface area contributed by atoms with Crippen LogP contribution in [0.3, 0.4) is 0 Å². The summed E-state index contributed by atoms with van der Waals surface area (Å²) in [4.78, 5) is 12.0. The lowest BCUT2D eigenvalue weighted by molar-refractivity contribution is 0.0946. The molecule has 0 aliphatic carbocycles. The molecule has 1 amide bonds. The van der Waals surface area contributed by atoms with Crippen LogP contribution in [0.2, 0.25) is 0 Å². The summed E-state index contributed by atoms with van der Waals surface area (Å²) in [7, 11) is 0. The van der Waals surface area contributed by atoms with Gasteiger partial charge in [0.25, 0.3) is 5.91 Å². The molecule has 0 spiro atoms. The molecule has 2 aromatic rings. The Bertz CT molecular complexity index is 620. The van der Waals surface area contributed by atoms with Crippen LogP contribution >= 0.6 is 0 Å². The first-order chi connectivity index (χ1) is 10.3. The molecule has 110 valence electrons. The molecule has 0 bridgehead atoms. The Balaban J connectivity index is 1.95. The number of nitrogens with one attached hydrogen (secondary N) is 2. The van der Waals surface area contributed by atoms with Crippen molar-refractivity contribution in [2.45, 2.75) is 25.8 Å². The predicted molar refractivity (Wildman–Crippen MR) is 81.3 cm³/mol. The van der Waals surface area contributed by atoms with E-state index >= 15 is 0 Å². The summed E-state index contributed by atoms with van der Waals surface area (Å²) in [6.45, 7) is 3.75. The zero-order valence-corrected chi connectivity index (χ0v) is 12.2. The summed E-state index contributed by atoms with van der Waals surface area (Å²) in [6.07, 6.45) is 3.62. The SMILES string of the molecule is CCCNC(c1ccc2c(c1)C(=O)NCC2)c1ccco1. The fourth-order valence-electron chi connectivity index (χ4n) is 2.74. The highest BCUT2D eigenvalue weighted by molar-refractivity contribution is 5.96. The van der Waals surface area contributed by atoms with Gasteiger partial charge < -0.3 is 15.1 Å². The molecule has 1 aliphatic heterocycles.